The Morgan fingerprint density at radius 1 is 0.706 bits per heavy atom. The molecule has 0 bridgehead atoms. The first-order valence-corrected chi connectivity index (χ1v) is 10.3. The van der Waals surface area contributed by atoms with Crippen LogP contribution in [-0.4, -0.2) is 30.5 Å². The number of carbonyl (C=O) groups is 4. The van der Waals surface area contributed by atoms with Gasteiger partial charge in [0.1, 0.15) is 11.5 Å². The highest BCUT2D eigenvalue weighted by Crippen LogP contribution is 2.24. The third-order valence-corrected chi connectivity index (χ3v) is 4.36. The molecule has 0 aliphatic carbocycles. The Kier molecular flexibility index (Phi) is 7.96. The van der Waals surface area contributed by atoms with Gasteiger partial charge in [-0.1, -0.05) is 18.2 Å². The molecule has 174 valence electrons. The first-order chi connectivity index (χ1) is 16.4. The molecule has 9 nitrogen and oxygen atoms in total. The summed E-state index contributed by atoms with van der Waals surface area (Å²) in [6.07, 6.45) is -0.831. The summed E-state index contributed by atoms with van der Waals surface area (Å²) in [5, 5.41) is 5.49. The number of anilines is 2. The van der Waals surface area contributed by atoms with E-state index in [1.54, 1.807) is 49.4 Å². The largest absolute Gasteiger partial charge is 0.513 e. The van der Waals surface area contributed by atoms with Crippen LogP contribution in [0.15, 0.2) is 72.8 Å². The van der Waals surface area contributed by atoms with E-state index in [2.05, 4.69) is 10.6 Å². The van der Waals surface area contributed by atoms with Crippen LogP contribution in [0.2, 0.25) is 0 Å². The lowest BCUT2D eigenvalue weighted by atomic mass is 10.1. The van der Waals surface area contributed by atoms with Crippen LogP contribution >= 0.6 is 0 Å². The topological polar surface area (TPSA) is 120 Å². The number of carbonyl (C=O) groups excluding carboxylic acids is 4. The Balaban J connectivity index is 1.69. The van der Waals surface area contributed by atoms with Gasteiger partial charge in [0.2, 0.25) is 0 Å². The molecule has 0 atom stereocenters. The number of hydrogen-bond acceptors (Lipinski definition) is 7. The number of ether oxygens (including phenoxy) is 3. The molecule has 0 unspecified atom stereocenters. The molecule has 0 aliphatic rings. The molecule has 0 heterocycles. The minimum Gasteiger partial charge on any atom is -0.434 e. The number of rotatable bonds is 7. The van der Waals surface area contributed by atoms with Crippen LogP contribution in [0.5, 0.6) is 11.5 Å². The van der Waals surface area contributed by atoms with Crippen molar-refractivity contribution in [3.63, 3.8) is 0 Å². The van der Waals surface area contributed by atoms with Gasteiger partial charge in [-0.3, -0.25) is 14.4 Å². The van der Waals surface area contributed by atoms with Gasteiger partial charge in [0, 0.05) is 18.1 Å². The van der Waals surface area contributed by atoms with Crippen LogP contribution in [0.1, 0.15) is 34.6 Å². The monoisotopic (exact) mass is 462 g/mol. The number of esters is 1. The van der Waals surface area contributed by atoms with E-state index in [0.717, 1.165) is 0 Å². The Hall–Kier alpha value is -4.66. The third kappa shape index (κ3) is 6.67. The third-order valence-electron chi connectivity index (χ3n) is 4.36. The maximum absolute atomic E-state index is 12.7. The normalized spacial score (nSPS) is 10.1. The molecule has 0 saturated heterocycles. The summed E-state index contributed by atoms with van der Waals surface area (Å²) >= 11 is 0. The molecule has 0 saturated carbocycles. The van der Waals surface area contributed by atoms with E-state index in [1.165, 1.54) is 37.3 Å². The molecule has 3 rings (SSSR count). The molecule has 0 fully saturated rings. The molecule has 0 aromatic heterocycles. The van der Waals surface area contributed by atoms with Crippen molar-refractivity contribution in [2.75, 3.05) is 17.2 Å². The molecule has 3 aromatic carbocycles. The van der Waals surface area contributed by atoms with Gasteiger partial charge in [-0.15, -0.1) is 0 Å². The summed E-state index contributed by atoms with van der Waals surface area (Å²) in [6, 6.07) is 18.8. The minimum atomic E-state index is -0.831. The van der Waals surface area contributed by atoms with Crippen LogP contribution in [0, 0.1) is 0 Å². The van der Waals surface area contributed by atoms with Crippen molar-refractivity contribution >= 4 is 35.3 Å². The summed E-state index contributed by atoms with van der Waals surface area (Å²) in [5.41, 5.74) is 1.34. The zero-order chi connectivity index (χ0) is 24.5. The highest BCUT2D eigenvalue weighted by Gasteiger charge is 2.14. The van der Waals surface area contributed by atoms with Gasteiger partial charge in [-0.05, 0) is 61.5 Å². The maximum Gasteiger partial charge on any atom is 0.513 e. The first-order valence-electron chi connectivity index (χ1n) is 10.3. The van der Waals surface area contributed by atoms with Crippen LogP contribution < -0.4 is 20.1 Å². The fourth-order valence-corrected chi connectivity index (χ4v) is 2.87. The lowest BCUT2D eigenvalue weighted by molar-refractivity contribution is -0.131. The Bertz CT molecular complexity index is 1210. The van der Waals surface area contributed by atoms with Crippen molar-refractivity contribution in [3.8, 4) is 11.5 Å². The number of hydrogen-bond donors (Lipinski definition) is 2. The van der Waals surface area contributed by atoms with E-state index >= 15 is 0 Å². The van der Waals surface area contributed by atoms with Crippen LogP contribution in [0.25, 0.3) is 0 Å². The number of amides is 2. The molecule has 34 heavy (non-hydrogen) atoms. The standard InChI is InChI=1S/C25H22N2O7/c1-3-32-25(31)34-19-13-11-17(12-14-19)23(29)26-21-9-4-5-10-22(21)27-24(30)18-7-6-8-20(15-18)33-16(2)28/h4-15H,3H2,1-2H3,(H,26,29)(H,27,30). The molecule has 0 radical (unpaired) electrons. The van der Waals surface area contributed by atoms with Gasteiger partial charge < -0.3 is 24.8 Å². The second-order valence-electron chi connectivity index (χ2n) is 6.88. The summed E-state index contributed by atoms with van der Waals surface area (Å²) < 4.78 is 14.7. The zero-order valence-electron chi connectivity index (χ0n) is 18.5. The van der Waals surface area contributed by atoms with E-state index in [-0.39, 0.29) is 23.7 Å². The van der Waals surface area contributed by atoms with Gasteiger partial charge in [-0.25, -0.2) is 4.79 Å². The zero-order valence-corrected chi connectivity index (χ0v) is 18.5. The average molecular weight is 462 g/mol. The van der Waals surface area contributed by atoms with Gasteiger partial charge >= 0.3 is 12.1 Å². The first kappa shape index (κ1) is 24.0. The van der Waals surface area contributed by atoms with Crippen molar-refractivity contribution in [1.29, 1.82) is 0 Å². The van der Waals surface area contributed by atoms with Crippen molar-refractivity contribution < 1.29 is 33.4 Å². The molecule has 9 heteroatoms. The predicted molar refractivity (Wildman–Crippen MR) is 124 cm³/mol. The van der Waals surface area contributed by atoms with E-state index in [4.69, 9.17) is 14.2 Å². The summed E-state index contributed by atoms with van der Waals surface area (Å²) in [5.74, 6) is -0.890. The Morgan fingerprint density at radius 2 is 1.32 bits per heavy atom. The van der Waals surface area contributed by atoms with Gasteiger partial charge in [0.15, 0.2) is 0 Å². The lowest BCUT2D eigenvalue weighted by Gasteiger charge is -2.13. The van der Waals surface area contributed by atoms with Crippen LogP contribution in [0.4, 0.5) is 16.2 Å². The highest BCUT2D eigenvalue weighted by atomic mass is 16.7. The second kappa shape index (κ2) is 11.3. The molecule has 2 amide bonds. The van der Waals surface area contributed by atoms with Crippen LogP contribution in [0.3, 0.4) is 0 Å². The summed E-state index contributed by atoms with van der Waals surface area (Å²) in [6.45, 7) is 3.12. The SMILES string of the molecule is CCOC(=O)Oc1ccc(C(=O)Nc2ccccc2NC(=O)c2cccc(OC(C)=O)c2)cc1. The predicted octanol–water partition coefficient (Wildman–Crippen LogP) is 4.65. The molecular formula is C25H22N2O7. The number of nitrogens with one attached hydrogen (secondary N) is 2. The fraction of sp³-hybridized carbons (Fsp3) is 0.120. The van der Waals surface area contributed by atoms with E-state index < -0.39 is 23.9 Å². The molecule has 2 N–H and O–H groups in total. The highest BCUT2D eigenvalue weighted by molar-refractivity contribution is 6.10. The van der Waals surface area contributed by atoms with Crippen molar-refractivity contribution in [2.45, 2.75) is 13.8 Å². The Labute approximate surface area is 195 Å². The smallest absolute Gasteiger partial charge is 0.434 e. The van der Waals surface area contributed by atoms with Crippen molar-refractivity contribution in [1.82, 2.24) is 0 Å². The molecule has 0 aliphatic heterocycles. The quantitative estimate of drug-likeness (QED) is 0.298. The number of benzene rings is 3. The molecule has 3 aromatic rings. The lowest BCUT2D eigenvalue weighted by Crippen LogP contribution is -2.17. The van der Waals surface area contributed by atoms with Crippen LogP contribution in [-0.2, 0) is 9.53 Å². The summed E-state index contributed by atoms with van der Waals surface area (Å²) in [7, 11) is 0. The minimum absolute atomic E-state index is 0.187. The van der Waals surface area contributed by atoms with Crippen molar-refractivity contribution in [2.24, 2.45) is 0 Å². The Morgan fingerprint density at radius 3 is 1.91 bits per heavy atom. The number of para-hydroxylation sites is 2. The van der Waals surface area contributed by atoms with Gasteiger partial charge in [-0.2, -0.15) is 0 Å². The average Bonchev–Trinajstić information content (AvgIpc) is 2.80. The second-order valence-corrected chi connectivity index (χ2v) is 6.88. The maximum atomic E-state index is 12.7. The molecular weight excluding hydrogens is 440 g/mol. The van der Waals surface area contributed by atoms with E-state index in [1.807, 2.05) is 0 Å². The van der Waals surface area contributed by atoms with Crippen molar-refractivity contribution in [3.05, 3.63) is 83.9 Å². The summed E-state index contributed by atoms with van der Waals surface area (Å²) in [4.78, 5) is 48.0. The van der Waals surface area contributed by atoms with Gasteiger partial charge in [0.05, 0.1) is 18.0 Å². The van der Waals surface area contributed by atoms with E-state index in [0.29, 0.717) is 16.9 Å². The van der Waals surface area contributed by atoms with E-state index in [9.17, 15) is 19.2 Å². The molecule has 0 spiro atoms. The fourth-order valence-electron chi connectivity index (χ4n) is 2.87. The van der Waals surface area contributed by atoms with Gasteiger partial charge in [0.25, 0.3) is 11.8 Å².